The average molecular weight is 421 g/mol. The summed E-state index contributed by atoms with van der Waals surface area (Å²) in [5, 5.41) is 12.1. The number of nitrogens with zero attached hydrogens (tertiary/aromatic N) is 2. The molecule has 5 rings (SSSR count). The molecular weight excluding hydrogens is 396 g/mol. The van der Waals surface area contributed by atoms with Crippen LogP contribution in [-0.2, 0) is 15.6 Å². The summed E-state index contributed by atoms with van der Waals surface area (Å²) >= 11 is 0. The lowest BCUT2D eigenvalue weighted by molar-refractivity contribution is -0.00535. The highest BCUT2D eigenvalue weighted by Crippen LogP contribution is 2.57. The van der Waals surface area contributed by atoms with Crippen molar-refractivity contribution in [2.75, 3.05) is 16.3 Å². The molecule has 6 heteroatoms. The van der Waals surface area contributed by atoms with Gasteiger partial charge in [0.1, 0.15) is 5.60 Å². The van der Waals surface area contributed by atoms with Crippen molar-refractivity contribution in [3.63, 3.8) is 0 Å². The summed E-state index contributed by atoms with van der Waals surface area (Å²) in [6, 6.07) is 21.9. The van der Waals surface area contributed by atoms with Gasteiger partial charge >= 0.3 is 0 Å². The van der Waals surface area contributed by atoms with Crippen molar-refractivity contribution in [2.24, 2.45) is 0 Å². The quantitative estimate of drug-likeness (QED) is 0.682. The van der Waals surface area contributed by atoms with Crippen LogP contribution in [0.1, 0.15) is 29.5 Å². The Bertz CT molecular complexity index is 1240. The van der Waals surface area contributed by atoms with Gasteiger partial charge in [-0.1, -0.05) is 61.0 Å². The molecular formula is C24H24N2O3S. The normalized spacial score (nSPS) is 24.9. The number of likely N-dealkylation sites (N-methyl/N-ethyl adjacent to an activating group) is 1. The van der Waals surface area contributed by atoms with E-state index in [0.717, 1.165) is 22.4 Å². The highest BCUT2D eigenvalue weighted by molar-refractivity contribution is 7.92. The van der Waals surface area contributed by atoms with Gasteiger partial charge in [-0.05, 0) is 36.8 Å². The molecule has 0 amide bonds. The number of anilines is 2. The van der Waals surface area contributed by atoms with Crippen LogP contribution in [0, 0.1) is 6.92 Å². The largest absolute Gasteiger partial charge is 0.380 e. The summed E-state index contributed by atoms with van der Waals surface area (Å²) in [6.07, 6.45) is -0.786. The third kappa shape index (κ3) is 2.35. The van der Waals surface area contributed by atoms with Crippen LogP contribution >= 0.6 is 0 Å². The SMILES string of the molecule is Cc1ccc(S(=O)(=O)N2c3ccccc3[C@H](C)[C@@]3(O)c4ccccc4N(C)[C@@H]23)cc1. The fraction of sp³-hybridized carbons (Fsp3) is 0.250. The Kier molecular flexibility index (Phi) is 4.04. The lowest BCUT2D eigenvalue weighted by atomic mass is 9.75. The van der Waals surface area contributed by atoms with Crippen LogP contribution in [0.15, 0.2) is 77.7 Å². The van der Waals surface area contributed by atoms with Gasteiger partial charge in [-0.3, -0.25) is 0 Å². The van der Waals surface area contributed by atoms with Crippen molar-refractivity contribution in [1.82, 2.24) is 0 Å². The van der Waals surface area contributed by atoms with Crippen LogP contribution in [0.25, 0.3) is 0 Å². The number of rotatable bonds is 2. The zero-order valence-electron chi connectivity index (χ0n) is 17.1. The standard InChI is InChI=1S/C24H24N2O3S/c1-16-12-14-18(15-13-16)30(28,29)26-21-10-6-4-8-19(21)17(2)24(27)20-9-5-7-11-22(20)25(3)23(24)26/h4-15,17,23,27H,1-3H3/t17-,23-,24+/m0/s1. The number of hydrogen-bond donors (Lipinski definition) is 1. The van der Waals surface area contributed by atoms with E-state index in [0.29, 0.717) is 5.69 Å². The van der Waals surface area contributed by atoms with Crippen LogP contribution in [0.5, 0.6) is 0 Å². The van der Waals surface area contributed by atoms with Gasteiger partial charge in [0.2, 0.25) is 0 Å². The monoisotopic (exact) mass is 420 g/mol. The molecule has 0 aliphatic carbocycles. The minimum atomic E-state index is -3.93. The highest BCUT2D eigenvalue weighted by atomic mass is 32.2. The average Bonchev–Trinajstić information content (AvgIpc) is 2.98. The third-order valence-electron chi connectivity index (χ3n) is 6.58. The molecule has 0 aromatic heterocycles. The zero-order valence-corrected chi connectivity index (χ0v) is 18.0. The van der Waals surface area contributed by atoms with Crippen LogP contribution in [0.3, 0.4) is 0 Å². The Hall–Kier alpha value is -2.83. The molecule has 1 N–H and O–H groups in total. The summed E-state index contributed by atoms with van der Waals surface area (Å²) in [7, 11) is -2.08. The molecule has 0 radical (unpaired) electrons. The first kappa shape index (κ1) is 19.2. The summed E-state index contributed by atoms with van der Waals surface area (Å²) < 4.78 is 29.3. The number of sulfonamides is 1. The lowest BCUT2D eigenvalue weighted by Crippen LogP contribution is -2.61. The number of para-hydroxylation sites is 2. The molecule has 3 aromatic carbocycles. The predicted molar refractivity (Wildman–Crippen MR) is 118 cm³/mol. The molecule has 30 heavy (non-hydrogen) atoms. The van der Waals surface area contributed by atoms with E-state index in [4.69, 9.17) is 0 Å². The van der Waals surface area contributed by atoms with Gasteiger partial charge in [0.05, 0.1) is 10.6 Å². The van der Waals surface area contributed by atoms with Gasteiger partial charge in [-0.25, -0.2) is 12.7 Å². The second kappa shape index (κ2) is 6.33. The summed E-state index contributed by atoms with van der Waals surface area (Å²) in [5.74, 6) is -0.283. The molecule has 2 aliphatic rings. The van der Waals surface area contributed by atoms with Crippen molar-refractivity contribution < 1.29 is 13.5 Å². The molecule has 3 atom stereocenters. The summed E-state index contributed by atoms with van der Waals surface area (Å²) in [5.41, 5.74) is 2.63. The minimum absolute atomic E-state index is 0.212. The van der Waals surface area contributed by atoms with Gasteiger partial charge in [0, 0.05) is 24.2 Å². The molecule has 0 spiro atoms. The maximum atomic E-state index is 13.9. The highest BCUT2D eigenvalue weighted by Gasteiger charge is 2.60. The van der Waals surface area contributed by atoms with Crippen molar-refractivity contribution >= 4 is 21.4 Å². The van der Waals surface area contributed by atoms with E-state index in [1.54, 1.807) is 24.3 Å². The third-order valence-corrected chi connectivity index (χ3v) is 8.36. The first-order chi connectivity index (χ1) is 14.3. The lowest BCUT2D eigenvalue weighted by Gasteiger charge is -2.49. The molecule has 154 valence electrons. The Morgan fingerprint density at radius 3 is 2.20 bits per heavy atom. The van der Waals surface area contributed by atoms with Crippen molar-refractivity contribution in [1.29, 1.82) is 0 Å². The number of hydrogen-bond acceptors (Lipinski definition) is 4. The van der Waals surface area contributed by atoms with Crippen LogP contribution in [0.2, 0.25) is 0 Å². The number of aryl methyl sites for hydroxylation is 1. The van der Waals surface area contributed by atoms with Gasteiger partial charge < -0.3 is 10.0 Å². The van der Waals surface area contributed by atoms with E-state index in [9.17, 15) is 13.5 Å². The fourth-order valence-corrected chi connectivity index (χ4v) is 6.68. The van der Waals surface area contributed by atoms with Gasteiger partial charge in [0.15, 0.2) is 6.17 Å². The molecule has 0 saturated heterocycles. The van der Waals surface area contributed by atoms with Crippen molar-refractivity contribution in [2.45, 2.75) is 36.4 Å². The Labute approximate surface area is 177 Å². The van der Waals surface area contributed by atoms with Crippen LogP contribution in [-0.4, -0.2) is 26.7 Å². The van der Waals surface area contributed by atoms with E-state index in [2.05, 4.69) is 0 Å². The maximum absolute atomic E-state index is 13.9. The molecule has 0 saturated carbocycles. The molecule has 5 nitrogen and oxygen atoms in total. The van der Waals surface area contributed by atoms with Crippen molar-refractivity contribution in [3.05, 3.63) is 89.5 Å². The molecule has 2 heterocycles. The molecule has 0 bridgehead atoms. The van der Waals surface area contributed by atoms with E-state index in [-0.39, 0.29) is 10.8 Å². The number of fused-ring (bicyclic) bond motifs is 4. The molecule has 0 unspecified atom stereocenters. The van der Waals surface area contributed by atoms with E-state index < -0.39 is 21.8 Å². The minimum Gasteiger partial charge on any atom is -0.380 e. The first-order valence-corrected chi connectivity index (χ1v) is 11.5. The van der Waals surface area contributed by atoms with E-state index in [1.165, 1.54) is 4.31 Å². The first-order valence-electron chi connectivity index (χ1n) is 10.0. The maximum Gasteiger partial charge on any atom is 0.266 e. The molecule has 0 fully saturated rings. The topological polar surface area (TPSA) is 60.9 Å². The van der Waals surface area contributed by atoms with Gasteiger partial charge in [-0.2, -0.15) is 0 Å². The van der Waals surface area contributed by atoms with Gasteiger partial charge in [-0.15, -0.1) is 0 Å². The van der Waals surface area contributed by atoms with Gasteiger partial charge in [0.25, 0.3) is 10.0 Å². The Morgan fingerprint density at radius 2 is 1.50 bits per heavy atom. The number of aliphatic hydroxyl groups is 1. The number of benzene rings is 3. The second-order valence-electron chi connectivity index (χ2n) is 8.22. The zero-order chi connectivity index (χ0) is 21.3. The smallest absolute Gasteiger partial charge is 0.266 e. The summed E-state index contributed by atoms with van der Waals surface area (Å²) in [6.45, 7) is 3.89. The van der Waals surface area contributed by atoms with E-state index >= 15 is 0 Å². The van der Waals surface area contributed by atoms with Crippen molar-refractivity contribution in [3.8, 4) is 0 Å². The summed E-state index contributed by atoms with van der Waals surface area (Å²) in [4.78, 5) is 2.09. The fourth-order valence-electron chi connectivity index (χ4n) is 4.99. The predicted octanol–water partition coefficient (Wildman–Crippen LogP) is 3.97. The van der Waals surface area contributed by atoms with Crippen LogP contribution in [0.4, 0.5) is 11.4 Å². The van der Waals surface area contributed by atoms with E-state index in [1.807, 2.05) is 74.3 Å². The Morgan fingerprint density at radius 1 is 0.900 bits per heavy atom. The van der Waals surface area contributed by atoms with Crippen LogP contribution < -0.4 is 9.21 Å². The Balaban J connectivity index is 1.81. The second-order valence-corrected chi connectivity index (χ2v) is 10.0. The molecule has 3 aromatic rings. The molecule has 2 aliphatic heterocycles.